The van der Waals surface area contributed by atoms with Gasteiger partial charge in [0.2, 0.25) is 0 Å². The number of aryl methyl sites for hydroxylation is 2. The molecule has 0 unspecified atom stereocenters. The van der Waals surface area contributed by atoms with Crippen LogP contribution < -0.4 is 0 Å². The third-order valence-corrected chi connectivity index (χ3v) is 4.54. The molecule has 0 fully saturated rings. The van der Waals surface area contributed by atoms with Crippen LogP contribution >= 0.6 is 0 Å². The fourth-order valence-corrected chi connectivity index (χ4v) is 3.37. The van der Waals surface area contributed by atoms with Gasteiger partial charge in [0.25, 0.3) is 0 Å². The summed E-state index contributed by atoms with van der Waals surface area (Å²) in [4.78, 5) is 26.8. The minimum Gasteiger partial charge on any atom is -0.457 e. The minimum atomic E-state index is -0.545. The molecule has 0 aromatic heterocycles. The molecule has 5 nitrogen and oxygen atoms in total. The highest BCUT2D eigenvalue weighted by Crippen LogP contribution is 2.20. The van der Waals surface area contributed by atoms with Crippen molar-refractivity contribution in [3.05, 3.63) is 70.3 Å². The molecule has 0 radical (unpaired) electrons. The van der Waals surface area contributed by atoms with E-state index in [2.05, 4.69) is 20.8 Å². The maximum atomic E-state index is 12.7. The summed E-state index contributed by atoms with van der Waals surface area (Å²) in [6.07, 6.45) is -0.320. The van der Waals surface area contributed by atoms with Gasteiger partial charge in [0.05, 0.1) is 5.56 Å². The van der Waals surface area contributed by atoms with Gasteiger partial charge >= 0.3 is 12.1 Å². The summed E-state index contributed by atoms with van der Waals surface area (Å²) in [5.74, 6) is -0.331. The largest absolute Gasteiger partial charge is 0.457 e. The van der Waals surface area contributed by atoms with Crippen LogP contribution in [0.4, 0.5) is 4.79 Å². The molecule has 0 saturated heterocycles. The number of esters is 1. The van der Waals surface area contributed by atoms with Gasteiger partial charge in [0.15, 0.2) is 0 Å². The Morgan fingerprint density at radius 1 is 0.844 bits per heavy atom. The number of amides is 1. The molecule has 5 heteroatoms. The average Bonchev–Trinajstić information content (AvgIpc) is 2.63. The van der Waals surface area contributed by atoms with Crippen molar-refractivity contribution in [2.24, 2.45) is 5.41 Å². The van der Waals surface area contributed by atoms with Crippen molar-refractivity contribution in [3.63, 3.8) is 0 Å². The Hall–Kier alpha value is -2.82. The second-order valence-corrected chi connectivity index (χ2v) is 10.7. The molecule has 2 rings (SSSR count). The van der Waals surface area contributed by atoms with E-state index in [4.69, 9.17) is 9.47 Å². The molecule has 2 aromatic carbocycles. The second kappa shape index (κ2) is 10.2. The van der Waals surface area contributed by atoms with E-state index in [0.29, 0.717) is 18.7 Å². The highest BCUT2D eigenvalue weighted by molar-refractivity contribution is 5.89. The average molecular weight is 440 g/mol. The van der Waals surface area contributed by atoms with E-state index >= 15 is 0 Å². The number of benzene rings is 2. The molecule has 0 saturated carbocycles. The summed E-state index contributed by atoms with van der Waals surface area (Å²) in [5.41, 5.74) is 3.91. The third kappa shape index (κ3) is 8.74. The molecule has 0 bridgehead atoms. The fraction of sp³-hybridized carbons (Fsp3) is 0.481. The number of carbonyl (C=O) groups is 2. The van der Waals surface area contributed by atoms with Gasteiger partial charge < -0.3 is 14.4 Å². The van der Waals surface area contributed by atoms with Gasteiger partial charge in [0, 0.05) is 13.1 Å². The highest BCUT2D eigenvalue weighted by atomic mass is 16.6. The Morgan fingerprint density at radius 2 is 1.38 bits per heavy atom. The molecule has 0 spiro atoms. The van der Waals surface area contributed by atoms with E-state index in [-0.39, 0.29) is 24.1 Å². The maximum absolute atomic E-state index is 12.7. The molecule has 0 heterocycles. The Kier molecular flexibility index (Phi) is 8.11. The molecule has 0 N–H and O–H groups in total. The Morgan fingerprint density at radius 3 is 1.88 bits per heavy atom. The first-order valence-corrected chi connectivity index (χ1v) is 11.0. The lowest BCUT2D eigenvalue weighted by Crippen LogP contribution is -2.40. The van der Waals surface area contributed by atoms with Crippen molar-refractivity contribution in [2.45, 2.75) is 74.1 Å². The van der Waals surface area contributed by atoms with Crippen LogP contribution in [0.25, 0.3) is 0 Å². The molecule has 32 heavy (non-hydrogen) atoms. The number of nitrogens with zero attached hydrogens (tertiary/aromatic N) is 1. The van der Waals surface area contributed by atoms with Crippen molar-refractivity contribution < 1.29 is 19.1 Å². The SMILES string of the molecule is Cc1cc(C)cc(C(=O)OCc2ccc(CN(CC(C)(C)C)C(=O)OC(C)(C)C)cc2)c1. The van der Waals surface area contributed by atoms with Gasteiger partial charge in [0.1, 0.15) is 12.2 Å². The normalized spacial score (nSPS) is 11.8. The van der Waals surface area contributed by atoms with Crippen LogP contribution in [0.5, 0.6) is 0 Å². The van der Waals surface area contributed by atoms with Gasteiger partial charge in [-0.2, -0.15) is 0 Å². The molecule has 174 valence electrons. The third-order valence-electron chi connectivity index (χ3n) is 4.54. The van der Waals surface area contributed by atoms with Gasteiger partial charge in [-0.3, -0.25) is 0 Å². The summed E-state index contributed by atoms with van der Waals surface area (Å²) in [6, 6.07) is 13.5. The first-order valence-electron chi connectivity index (χ1n) is 11.0. The van der Waals surface area contributed by atoms with E-state index in [0.717, 1.165) is 22.3 Å². The smallest absolute Gasteiger partial charge is 0.410 e. The predicted octanol–water partition coefficient (Wildman–Crippen LogP) is 6.44. The minimum absolute atomic E-state index is 0.0564. The number of rotatable bonds is 6. The number of carbonyl (C=O) groups excluding carboxylic acids is 2. The summed E-state index contributed by atoms with van der Waals surface area (Å²) in [5, 5.41) is 0. The van der Waals surface area contributed by atoms with Crippen molar-refractivity contribution in [1.82, 2.24) is 4.90 Å². The van der Waals surface area contributed by atoms with Crippen LogP contribution in [0.1, 0.15) is 74.2 Å². The van der Waals surface area contributed by atoms with Crippen LogP contribution in [0, 0.1) is 19.3 Å². The van der Waals surface area contributed by atoms with E-state index in [9.17, 15) is 9.59 Å². The van der Waals surface area contributed by atoms with E-state index in [1.165, 1.54) is 0 Å². The van der Waals surface area contributed by atoms with E-state index in [1.54, 1.807) is 4.90 Å². The van der Waals surface area contributed by atoms with Crippen molar-refractivity contribution in [1.29, 1.82) is 0 Å². The quantitative estimate of drug-likeness (QED) is 0.486. The molecular weight excluding hydrogens is 402 g/mol. The van der Waals surface area contributed by atoms with Crippen molar-refractivity contribution in [2.75, 3.05) is 6.54 Å². The second-order valence-electron chi connectivity index (χ2n) is 10.7. The zero-order valence-electron chi connectivity index (χ0n) is 20.7. The van der Waals surface area contributed by atoms with E-state index < -0.39 is 5.60 Å². The predicted molar refractivity (Wildman–Crippen MR) is 128 cm³/mol. The van der Waals surface area contributed by atoms with Gasteiger partial charge in [-0.1, -0.05) is 62.2 Å². The monoisotopic (exact) mass is 439 g/mol. The molecule has 0 atom stereocenters. The molecule has 0 aliphatic carbocycles. The Bertz CT molecular complexity index is 913. The van der Waals surface area contributed by atoms with Crippen LogP contribution in [0.15, 0.2) is 42.5 Å². The lowest BCUT2D eigenvalue weighted by molar-refractivity contribution is 0.0169. The van der Waals surface area contributed by atoms with Gasteiger partial charge in [-0.15, -0.1) is 0 Å². The topological polar surface area (TPSA) is 55.8 Å². The zero-order valence-corrected chi connectivity index (χ0v) is 20.7. The lowest BCUT2D eigenvalue weighted by Gasteiger charge is -2.32. The molecule has 2 aromatic rings. The van der Waals surface area contributed by atoms with E-state index in [1.807, 2.05) is 77.1 Å². The summed E-state index contributed by atoms with van der Waals surface area (Å²) >= 11 is 0. The summed E-state index contributed by atoms with van der Waals surface area (Å²) < 4.78 is 11.1. The Labute approximate surface area is 192 Å². The van der Waals surface area contributed by atoms with Crippen molar-refractivity contribution in [3.8, 4) is 0 Å². The number of ether oxygens (including phenoxy) is 2. The molecular formula is C27H37NO4. The van der Waals surface area contributed by atoms with Crippen molar-refractivity contribution >= 4 is 12.1 Å². The molecule has 0 aliphatic rings. The number of hydrogen-bond acceptors (Lipinski definition) is 4. The lowest BCUT2D eigenvalue weighted by atomic mass is 9.96. The molecule has 1 amide bonds. The van der Waals surface area contributed by atoms with Crippen LogP contribution in [0.3, 0.4) is 0 Å². The first-order chi connectivity index (χ1) is 14.7. The zero-order chi connectivity index (χ0) is 24.1. The number of hydrogen-bond donors (Lipinski definition) is 0. The van der Waals surface area contributed by atoms with Crippen LogP contribution in [0.2, 0.25) is 0 Å². The maximum Gasteiger partial charge on any atom is 0.410 e. The standard InChI is InChI=1S/C27H37NO4/c1-19-13-20(2)15-23(14-19)24(29)31-17-22-11-9-21(10-12-22)16-28(18-26(3,4)5)25(30)32-27(6,7)8/h9-15H,16-18H2,1-8H3. The molecule has 0 aliphatic heterocycles. The highest BCUT2D eigenvalue weighted by Gasteiger charge is 2.26. The van der Waals surface area contributed by atoms with Gasteiger partial charge in [-0.05, 0) is 63.3 Å². The van der Waals surface area contributed by atoms with Crippen LogP contribution in [-0.4, -0.2) is 29.1 Å². The summed E-state index contributed by atoms with van der Waals surface area (Å²) in [6.45, 7) is 17.0. The van der Waals surface area contributed by atoms with Gasteiger partial charge in [-0.25, -0.2) is 9.59 Å². The van der Waals surface area contributed by atoms with Crippen LogP contribution in [-0.2, 0) is 22.6 Å². The summed E-state index contributed by atoms with van der Waals surface area (Å²) in [7, 11) is 0. The Balaban J connectivity index is 2.02. The first kappa shape index (κ1) is 25.4. The fourth-order valence-electron chi connectivity index (χ4n) is 3.37.